The van der Waals surface area contributed by atoms with Crippen molar-refractivity contribution in [2.75, 3.05) is 0 Å². The van der Waals surface area contributed by atoms with E-state index in [9.17, 15) is 9.90 Å². The van der Waals surface area contributed by atoms with Crippen LogP contribution in [0.4, 0.5) is 0 Å². The number of phenolic OH excluding ortho intramolecular Hbond substituents is 1. The Morgan fingerprint density at radius 2 is 1.88 bits per heavy atom. The van der Waals surface area contributed by atoms with Crippen molar-refractivity contribution < 1.29 is 9.90 Å². The molecule has 1 aromatic carbocycles. The van der Waals surface area contributed by atoms with Crippen LogP contribution in [0.1, 0.15) is 36.7 Å². The van der Waals surface area contributed by atoms with Gasteiger partial charge in [-0.05, 0) is 45.4 Å². The quantitative estimate of drug-likeness (QED) is 0.415. The van der Waals surface area contributed by atoms with Gasteiger partial charge < -0.3 is 5.11 Å². The fourth-order valence-electron chi connectivity index (χ4n) is 1.77. The van der Waals surface area contributed by atoms with Crippen LogP contribution < -0.4 is 0 Å². The smallest absolute Gasteiger partial charge is 0.216 e. The molecule has 1 unspecified atom stereocenters. The van der Waals surface area contributed by atoms with E-state index in [1.54, 1.807) is 27.7 Å². The van der Waals surface area contributed by atoms with Gasteiger partial charge in [0.15, 0.2) is 0 Å². The Morgan fingerprint density at radius 3 is 2.38 bits per heavy atom. The van der Waals surface area contributed by atoms with E-state index in [2.05, 4.69) is 16.6 Å². The summed E-state index contributed by atoms with van der Waals surface area (Å²) in [7, 11) is 0. The van der Waals surface area contributed by atoms with E-state index in [4.69, 9.17) is 34.8 Å². The molecule has 0 aliphatic carbocycles. The Balaban J connectivity index is 3.38. The molecule has 1 rings (SSSR count). The number of rotatable bonds is 6. The highest BCUT2D eigenvalue weighted by molar-refractivity contribution is 6.71. The van der Waals surface area contributed by atoms with Crippen LogP contribution in [0.15, 0.2) is 34.4 Å². The SMILES string of the molecule is C=C(N=C(Cl)C(C)Cl)C(=NC(C)C)C(=O)c1cc(Cl)c(C)cc1O. The number of Topliss-reactive ketones (excluding diaryl/α,β-unsaturated/α-hetero) is 1. The molecule has 7 heteroatoms. The minimum atomic E-state index is -0.538. The first-order chi connectivity index (χ1) is 11.0. The van der Waals surface area contributed by atoms with Crippen molar-refractivity contribution in [1.29, 1.82) is 0 Å². The third-order valence-electron chi connectivity index (χ3n) is 2.97. The first-order valence-electron chi connectivity index (χ1n) is 7.23. The molecule has 0 heterocycles. The molecule has 1 aromatic rings. The number of halogens is 3. The van der Waals surface area contributed by atoms with Gasteiger partial charge >= 0.3 is 0 Å². The number of aliphatic imine (C=N–C) groups is 2. The molecule has 0 aliphatic heterocycles. The number of benzene rings is 1. The zero-order valence-corrected chi connectivity index (χ0v) is 16.2. The molecular weight excluding hydrogens is 371 g/mol. The molecule has 0 amide bonds. The van der Waals surface area contributed by atoms with E-state index in [-0.39, 0.29) is 33.9 Å². The Labute approximate surface area is 156 Å². The van der Waals surface area contributed by atoms with Crippen LogP contribution >= 0.6 is 34.8 Å². The van der Waals surface area contributed by atoms with E-state index in [1.807, 2.05) is 0 Å². The van der Waals surface area contributed by atoms with Crippen molar-refractivity contribution in [3.05, 3.63) is 40.6 Å². The van der Waals surface area contributed by atoms with Crippen molar-refractivity contribution in [2.24, 2.45) is 9.98 Å². The van der Waals surface area contributed by atoms with Crippen LogP contribution in [-0.2, 0) is 0 Å². The van der Waals surface area contributed by atoms with E-state index in [0.717, 1.165) is 0 Å². The largest absolute Gasteiger partial charge is 0.507 e. The Hall–Kier alpha value is -1.36. The lowest BCUT2D eigenvalue weighted by atomic mass is 10.0. The van der Waals surface area contributed by atoms with Gasteiger partial charge in [0, 0.05) is 11.1 Å². The maximum absolute atomic E-state index is 12.8. The number of hydrogen-bond acceptors (Lipinski definition) is 4. The van der Waals surface area contributed by atoms with Gasteiger partial charge in [-0.15, -0.1) is 11.6 Å². The van der Waals surface area contributed by atoms with Gasteiger partial charge in [-0.1, -0.05) is 29.8 Å². The van der Waals surface area contributed by atoms with E-state index in [0.29, 0.717) is 10.6 Å². The van der Waals surface area contributed by atoms with E-state index >= 15 is 0 Å². The van der Waals surface area contributed by atoms with Gasteiger partial charge in [-0.25, -0.2) is 4.99 Å². The molecule has 0 radical (unpaired) electrons. The van der Waals surface area contributed by atoms with E-state index in [1.165, 1.54) is 12.1 Å². The molecule has 130 valence electrons. The summed E-state index contributed by atoms with van der Waals surface area (Å²) < 4.78 is 0. The number of aromatic hydroxyl groups is 1. The van der Waals surface area contributed by atoms with Crippen LogP contribution in [0.25, 0.3) is 0 Å². The predicted octanol–water partition coefficient (Wildman–Crippen LogP) is 5.16. The summed E-state index contributed by atoms with van der Waals surface area (Å²) >= 11 is 17.9. The zero-order valence-electron chi connectivity index (χ0n) is 13.9. The highest BCUT2D eigenvalue weighted by Crippen LogP contribution is 2.27. The molecule has 0 aliphatic rings. The van der Waals surface area contributed by atoms with Crippen molar-refractivity contribution in [3.63, 3.8) is 0 Å². The first-order valence-corrected chi connectivity index (χ1v) is 8.42. The lowest BCUT2D eigenvalue weighted by Crippen LogP contribution is -2.19. The molecule has 0 fully saturated rings. The third kappa shape index (κ3) is 5.33. The van der Waals surface area contributed by atoms with Crippen LogP contribution in [0.2, 0.25) is 5.02 Å². The monoisotopic (exact) mass is 388 g/mol. The fraction of sp³-hybridized carbons (Fsp3) is 0.353. The number of aryl methyl sites for hydroxylation is 1. The maximum atomic E-state index is 12.8. The second-order valence-electron chi connectivity index (χ2n) is 5.52. The summed E-state index contributed by atoms with van der Waals surface area (Å²) in [5.41, 5.74) is 0.748. The summed E-state index contributed by atoms with van der Waals surface area (Å²) in [6.07, 6.45) is 0. The van der Waals surface area contributed by atoms with Crippen molar-refractivity contribution >= 4 is 51.5 Å². The number of phenols is 1. The van der Waals surface area contributed by atoms with Gasteiger partial charge in [0.25, 0.3) is 0 Å². The Bertz CT molecular complexity index is 723. The molecule has 1 N–H and O–H groups in total. The maximum Gasteiger partial charge on any atom is 0.216 e. The fourth-order valence-corrected chi connectivity index (χ4v) is 2.08. The van der Waals surface area contributed by atoms with Crippen molar-refractivity contribution in [1.82, 2.24) is 0 Å². The first kappa shape index (κ1) is 20.7. The minimum Gasteiger partial charge on any atom is -0.507 e. The molecule has 0 saturated carbocycles. The lowest BCUT2D eigenvalue weighted by Gasteiger charge is -2.11. The Morgan fingerprint density at radius 1 is 1.29 bits per heavy atom. The molecule has 0 aromatic heterocycles. The molecule has 0 saturated heterocycles. The van der Waals surface area contributed by atoms with Crippen molar-refractivity contribution in [2.45, 2.75) is 39.1 Å². The predicted molar refractivity (Wildman–Crippen MR) is 102 cm³/mol. The zero-order chi connectivity index (χ0) is 18.6. The topological polar surface area (TPSA) is 62.0 Å². The minimum absolute atomic E-state index is 0.00399. The van der Waals surface area contributed by atoms with Crippen LogP contribution in [-0.4, -0.2) is 33.2 Å². The standard InChI is InChI=1S/C17H19Cl3N2O2/c1-8(2)21-15(11(5)22-17(20)10(4)18)16(24)12-7-13(19)9(3)6-14(12)23/h6-8,10,23H,5H2,1-4H3. The molecular formula is C17H19Cl3N2O2. The molecule has 0 spiro atoms. The molecule has 0 bridgehead atoms. The van der Waals surface area contributed by atoms with Crippen LogP contribution in [0.5, 0.6) is 5.75 Å². The van der Waals surface area contributed by atoms with Gasteiger partial charge in [0.1, 0.15) is 16.6 Å². The molecule has 24 heavy (non-hydrogen) atoms. The van der Waals surface area contributed by atoms with Crippen LogP contribution in [0.3, 0.4) is 0 Å². The number of hydrogen-bond donors (Lipinski definition) is 1. The summed E-state index contributed by atoms with van der Waals surface area (Å²) in [5.74, 6) is -0.726. The normalized spacial score (nSPS) is 14.0. The second kappa shape index (κ2) is 8.65. The van der Waals surface area contributed by atoms with Gasteiger partial charge in [-0.3, -0.25) is 9.79 Å². The summed E-state index contributed by atoms with van der Waals surface area (Å²) in [6.45, 7) is 10.7. The summed E-state index contributed by atoms with van der Waals surface area (Å²) in [4.78, 5) is 21.1. The average Bonchev–Trinajstić information content (AvgIpc) is 2.47. The average molecular weight is 390 g/mol. The van der Waals surface area contributed by atoms with E-state index < -0.39 is 11.2 Å². The third-order valence-corrected chi connectivity index (χ3v) is 4.10. The molecule has 4 nitrogen and oxygen atoms in total. The Kier molecular flexibility index (Phi) is 7.46. The number of alkyl halides is 1. The van der Waals surface area contributed by atoms with Gasteiger partial charge in [-0.2, -0.15) is 0 Å². The highest BCUT2D eigenvalue weighted by Gasteiger charge is 2.22. The summed E-state index contributed by atoms with van der Waals surface area (Å²) in [5, 5.41) is 10.0. The van der Waals surface area contributed by atoms with Gasteiger partial charge in [0.2, 0.25) is 5.78 Å². The second-order valence-corrected chi connectivity index (χ2v) is 6.97. The van der Waals surface area contributed by atoms with Gasteiger partial charge in [0.05, 0.1) is 16.6 Å². The number of allylic oxidation sites excluding steroid dienone is 1. The number of ketones is 1. The van der Waals surface area contributed by atoms with Crippen molar-refractivity contribution in [3.8, 4) is 5.75 Å². The summed E-state index contributed by atoms with van der Waals surface area (Å²) in [6, 6.07) is 2.63. The lowest BCUT2D eigenvalue weighted by molar-refractivity contribution is 0.106. The molecule has 1 atom stereocenters. The van der Waals surface area contributed by atoms with Crippen LogP contribution in [0, 0.1) is 6.92 Å². The number of nitrogens with zero attached hydrogens (tertiary/aromatic N) is 2. The highest BCUT2D eigenvalue weighted by atomic mass is 35.5. The number of carbonyl (C=O) groups is 1. The number of carbonyl (C=O) groups excluding carboxylic acids is 1.